The summed E-state index contributed by atoms with van der Waals surface area (Å²) in [5.41, 5.74) is 1.89. The molecule has 1 fully saturated rings. The van der Waals surface area contributed by atoms with Crippen molar-refractivity contribution in [2.24, 2.45) is 5.92 Å². The van der Waals surface area contributed by atoms with Gasteiger partial charge in [0.1, 0.15) is 17.7 Å². The lowest BCUT2D eigenvalue weighted by Crippen LogP contribution is -2.42. The van der Waals surface area contributed by atoms with Gasteiger partial charge in [0.25, 0.3) is 0 Å². The summed E-state index contributed by atoms with van der Waals surface area (Å²) in [5, 5.41) is 3.35. The number of hydrogen-bond acceptors (Lipinski definition) is 5. The van der Waals surface area contributed by atoms with Crippen LogP contribution in [0.1, 0.15) is 29.0 Å². The van der Waals surface area contributed by atoms with Crippen molar-refractivity contribution >= 4 is 9.84 Å². The molecule has 0 radical (unpaired) electrons. The zero-order valence-corrected chi connectivity index (χ0v) is 16.2. The smallest absolute Gasteiger partial charge is 0.175 e. The normalized spacial score (nSPS) is 25.1. The fourth-order valence-corrected chi connectivity index (χ4v) is 5.35. The molecule has 2 aromatic rings. The molecule has 7 heteroatoms. The van der Waals surface area contributed by atoms with E-state index in [0.717, 1.165) is 37.0 Å². The topological polar surface area (TPSA) is 68.3 Å². The van der Waals surface area contributed by atoms with Crippen LogP contribution in [0.2, 0.25) is 0 Å². The van der Waals surface area contributed by atoms with E-state index in [2.05, 4.69) is 10.3 Å². The van der Waals surface area contributed by atoms with Gasteiger partial charge in [0, 0.05) is 48.4 Å². The Bertz CT molecular complexity index is 952. The minimum Gasteiger partial charge on any atom is -0.488 e. The molecule has 1 N–H and O–H groups in total. The standard InChI is InChI=1S/C20H23FN2O3S/c1-12-19(27(2,24)25)4-3-15(20(12)21)16-10-22-8-6-14(16)17-9-13-5-7-23-11-18(13)26-17/h3-5,7,11,14,16-17,22H,6,8-10H2,1-2H3. The summed E-state index contributed by atoms with van der Waals surface area (Å²) in [5.74, 6) is 0.465. The predicted molar refractivity (Wildman–Crippen MR) is 100 cm³/mol. The molecule has 3 unspecified atom stereocenters. The first-order valence-electron chi connectivity index (χ1n) is 9.15. The third-order valence-corrected chi connectivity index (χ3v) is 6.99. The van der Waals surface area contributed by atoms with E-state index in [9.17, 15) is 8.42 Å². The molecule has 3 atom stereocenters. The predicted octanol–water partition coefficient (Wildman–Crippen LogP) is 2.63. The maximum Gasteiger partial charge on any atom is 0.175 e. The molecule has 2 aliphatic rings. The SMILES string of the molecule is Cc1c(S(C)(=O)=O)ccc(C2CNCCC2C2Cc3ccncc3O2)c1F. The number of rotatable bonds is 3. The first-order chi connectivity index (χ1) is 12.9. The Morgan fingerprint density at radius 2 is 2.11 bits per heavy atom. The summed E-state index contributed by atoms with van der Waals surface area (Å²) in [7, 11) is -3.46. The van der Waals surface area contributed by atoms with Crippen molar-refractivity contribution in [3.8, 4) is 5.75 Å². The molecule has 2 aliphatic heterocycles. The highest BCUT2D eigenvalue weighted by atomic mass is 32.2. The third kappa shape index (κ3) is 3.34. The number of fused-ring (bicyclic) bond motifs is 1. The number of halogens is 1. The van der Waals surface area contributed by atoms with Crippen molar-refractivity contribution in [1.29, 1.82) is 0 Å². The summed E-state index contributed by atoms with van der Waals surface area (Å²) in [6.07, 6.45) is 6.25. The fraction of sp³-hybridized carbons (Fsp3) is 0.450. The first-order valence-corrected chi connectivity index (χ1v) is 11.0. The van der Waals surface area contributed by atoms with Crippen LogP contribution in [0, 0.1) is 18.7 Å². The van der Waals surface area contributed by atoms with E-state index in [4.69, 9.17) is 4.74 Å². The van der Waals surface area contributed by atoms with E-state index in [0.29, 0.717) is 12.1 Å². The van der Waals surface area contributed by atoms with Crippen molar-refractivity contribution in [2.75, 3.05) is 19.3 Å². The minimum atomic E-state index is -3.46. The zero-order chi connectivity index (χ0) is 19.2. The average molecular weight is 390 g/mol. The van der Waals surface area contributed by atoms with Crippen LogP contribution in [0.3, 0.4) is 0 Å². The van der Waals surface area contributed by atoms with Gasteiger partial charge in [-0.25, -0.2) is 12.8 Å². The Kier molecular flexibility index (Phi) is 4.68. The Hall–Kier alpha value is -1.99. The molecule has 0 spiro atoms. The van der Waals surface area contributed by atoms with Crippen molar-refractivity contribution in [3.05, 3.63) is 53.1 Å². The van der Waals surface area contributed by atoms with Gasteiger partial charge in [-0.15, -0.1) is 0 Å². The van der Waals surface area contributed by atoms with Crippen LogP contribution in [0.25, 0.3) is 0 Å². The summed E-state index contributed by atoms with van der Waals surface area (Å²) in [6, 6.07) is 5.13. The number of aromatic nitrogens is 1. The van der Waals surface area contributed by atoms with Gasteiger partial charge in [-0.1, -0.05) is 6.07 Å². The van der Waals surface area contributed by atoms with Crippen molar-refractivity contribution in [3.63, 3.8) is 0 Å². The lowest BCUT2D eigenvalue weighted by molar-refractivity contribution is 0.116. The molecule has 0 aliphatic carbocycles. The third-order valence-electron chi connectivity index (χ3n) is 5.75. The Balaban J connectivity index is 1.67. The summed E-state index contributed by atoms with van der Waals surface area (Å²) < 4.78 is 45.1. The van der Waals surface area contributed by atoms with Crippen LogP contribution < -0.4 is 10.1 Å². The molecule has 27 heavy (non-hydrogen) atoms. The number of hydrogen-bond donors (Lipinski definition) is 1. The summed E-state index contributed by atoms with van der Waals surface area (Å²) >= 11 is 0. The molecule has 5 nitrogen and oxygen atoms in total. The number of piperidine rings is 1. The quantitative estimate of drug-likeness (QED) is 0.873. The van der Waals surface area contributed by atoms with Gasteiger partial charge in [-0.05, 0) is 37.6 Å². The fourth-order valence-electron chi connectivity index (χ4n) is 4.38. The van der Waals surface area contributed by atoms with Crippen molar-refractivity contribution in [1.82, 2.24) is 10.3 Å². The van der Waals surface area contributed by atoms with Crippen LogP contribution in [-0.4, -0.2) is 38.9 Å². The zero-order valence-electron chi connectivity index (χ0n) is 15.4. The van der Waals surface area contributed by atoms with E-state index < -0.39 is 15.7 Å². The molecule has 1 saturated heterocycles. The largest absolute Gasteiger partial charge is 0.488 e. The second-order valence-corrected chi connectivity index (χ2v) is 9.46. The second kappa shape index (κ2) is 6.87. The average Bonchev–Trinajstić information content (AvgIpc) is 3.07. The molecule has 0 saturated carbocycles. The lowest BCUT2D eigenvalue weighted by Gasteiger charge is -2.36. The number of benzene rings is 1. The number of nitrogens with zero attached hydrogens (tertiary/aromatic N) is 1. The molecule has 0 amide bonds. The Labute approximate surface area is 158 Å². The molecule has 4 rings (SSSR count). The Morgan fingerprint density at radius 1 is 1.30 bits per heavy atom. The van der Waals surface area contributed by atoms with Crippen LogP contribution in [0.4, 0.5) is 4.39 Å². The van der Waals surface area contributed by atoms with E-state index >= 15 is 4.39 Å². The van der Waals surface area contributed by atoms with Gasteiger partial charge < -0.3 is 10.1 Å². The molecular formula is C20H23FN2O3S. The van der Waals surface area contributed by atoms with Crippen molar-refractivity contribution < 1.29 is 17.5 Å². The molecule has 1 aromatic carbocycles. The maximum atomic E-state index is 15.2. The number of pyridine rings is 1. The molecular weight excluding hydrogens is 367 g/mol. The molecule has 0 bridgehead atoms. The van der Waals surface area contributed by atoms with Crippen LogP contribution in [0.5, 0.6) is 5.75 Å². The second-order valence-electron chi connectivity index (χ2n) is 7.47. The molecule has 1 aromatic heterocycles. The van der Waals surface area contributed by atoms with Crippen LogP contribution in [0.15, 0.2) is 35.5 Å². The van der Waals surface area contributed by atoms with Gasteiger partial charge in [-0.3, -0.25) is 4.98 Å². The minimum absolute atomic E-state index is 0.0226. The van der Waals surface area contributed by atoms with Gasteiger partial charge in [-0.2, -0.15) is 0 Å². The Morgan fingerprint density at radius 3 is 2.85 bits per heavy atom. The van der Waals surface area contributed by atoms with Gasteiger partial charge >= 0.3 is 0 Å². The van der Waals surface area contributed by atoms with Gasteiger partial charge in [0.2, 0.25) is 0 Å². The number of sulfone groups is 1. The summed E-state index contributed by atoms with van der Waals surface area (Å²) in [4.78, 5) is 4.17. The van der Waals surface area contributed by atoms with Crippen molar-refractivity contribution in [2.45, 2.75) is 36.7 Å². The van der Waals surface area contributed by atoms with Gasteiger partial charge in [0.05, 0.1) is 11.1 Å². The van der Waals surface area contributed by atoms with E-state index in [1.54, 1.807) is 18.5 Å². The summed E-state index contributed by atoms with van der Waals surface area (Å²) in [6.45, 7) is 3.04. The van der Waals surface area contributed by atoms with E-state index in [1.165, 1.54) is 13.0 Å². The monoisotopic (exact) mass is 390 g/mol. The van der Waals surface area contributed by atoms with Crippen LogP contribution >= 0.6 is 0 Å². The highest BCUT2D eigenvalue weighted by Gasteiger charge is 2.39. The lowest BCUT2D eigenvalue weighted by atomic mass is 9.76. The van der Waals surface area contributed by atoms with E-state index in [-0.39, 0.29) is 28.4 Å². The van der Waals surface area contributed by atoms with E-state index in [1.807, 2.05) is 6.07 Å². The highest BCUT2D eigenvalue weighted by Crippen LogP contribution is 2.40. The first kappa shape index (κ1) is 18.4. The van der Waals surface area contributed by atoms with Gasteiger partial charge in [0.15, 0.2) is 9.84 Å². The maximum absolute atomic E-state index is 15.2. The molecule has 3 heterocycles. The number of ether oxygens (including phenoxy) is 1. The molecule has 144 valence electrons. The number of nitrogens with one attached hydrogen (secondary N) is 1. The van der Waals surface area contributed by atoms with Crippen LogP contribution in [-0.2, 0) is 16.3 Å². The highest BCUT2D eigenvalue weighted by molar-refractivity contribution is 7.90.